The molecule has 186 valence electrons. The fourth-order valence-corrected chi connectivity index (χ4v) is 5.41. The van der Waals surface area contributed by atoms with Crippen LogP contribution < -0.4 is 4.74 Å². The van der Waals surface area contributed by atoms with Crippen LogP contribution in [0.2, 0.25) is 0 Å². The molecule has 0 aliphatic carbocycles. The second-order valence-corrected chi connectivity index (χ2v) is 10.7. The van der Waals surface area contributed by atoms with Crippen LogP contribution >= 0.6 is 27.7 Å². The third-order valence-electron chi connectivity index (χ3n) is 5.95. The van der Waals surface area contributed by atoms with E-state index in [4.69, 9.17) is 4.74 Å². The summed E-state index contributed by atoms with van der Waals surface area (Å²) in [4.78, 5) is 11.3. The number of aryl methyl sites for hydroxylation is 4. The number of hydrogen-bond donors (Lipinski definition) is 0. The van der Waals surface area contributed by atoms with Crippen molar-refractivity contribution in [3.05, 3.63) is 109 Å². The summed E-state index contributed by atoms with van der Waals surface area (Å²) in [5, 5.41) is 20.3. The van der Waals surface area contributed by atoms with Crippen LogP contribution in [0, 0.1) is 37.8 Å². The van der Waals surface area contributed by atoms with Gasteiger partial charge >= 0.3 is 0 Å². The van der Waals surface area contributed by atoms with Gasteiger partial charge in [-0.05, 0) is 90.1 Å². The maximum atomic E-state index is 11.6. The van der Waals surface area contributed by atoms with Gasteiger partial charge in [-0.3, -0.25) is 14.7 Å². The number of hydrogen-bond acceptors (Lipinski definition) is 6. The summed E-state index contributed by atoms with van der Waals surface area (Å²) in [5.74, 6) is 1.40. The smallest absolute Gasteiger partial charge is 0.220 e. The first kappa shape index (κ1) is 25.9. The zero-order valence-corrected chi connectivity index (χ0v) is 23.0. The van der Waals surface area contributed by atoms with Crippen LogP contribution in [0.3, 0.4) is 0 Å². The predicted molar refractivity (Wildman–Crippen MR) is 146 cm³/mol. The van der Waals surface area contributed by atoms with Crippen molar-refractivity contribution in [2.75, 3.05) is 6.54 Å². The summed E-state index contributed by atoms with van der Waals surface area (Å²) in [6.07, 6.45) is 0. The molecule has 0 fully saturated rings. The minimum Gasteiger partial charge on any atom is -0.488 e. The van der Waals surface area contributed by atoms with E-state index in [1.165, 1.54) is 22.9 Å². The third-order valence-corrected chi connectivity index (χ3v) is 7.75. The number of ether oxygens (including phenoxy) is 1. The van der Waals surface area contributed by atoms with Gasteiger partial charge in [0, 0.05) is 10.6 Å². The van der Waals surface area contributed by atoms with Gasteiger partial charge in [-0.2, -0.15) is 0 Å². The SMILES string of the molecule is Cc1ccc(COc2ccc([C@@H](C[N+](=O)[O-])Sc3nnc(C)n3-c3ccc(C)c(C)c3)cc2Br)cc1. The fourth-order valence-electron chi connectivity index (χ4n) is 3.73. The van der Waals surface area contributed by atoms with Crippen LogP contribution in [-0.4, -0.2) is 26.2 Å². The number of thioether (sulfide) groups is 1. The minimum atomic E-state index is -0.462. The number of rotatable bonds is 9. The van der Waals surface area contributed by atoms with Crippen LogP contribution in [0.5, 0.6) is 5.75 Å². The maximum absolute atomic E-state index is 11.6. The third kappa shape index (κ3) is 6.14. The van der Waals surface area contributed by atoms with Gasteiger partial charge in [0.15, 0.2) is 5.16 Å². The molecule has 0 aliphatic heterocycles. The highest BCUT2D eigenvalue weighted by Gasteiger charge is 2.24. The Kier molecular flexibility index (Phi) is 8.11. The zero-order chi connectivity index (χ0) is 25.8. The normalized spacial score (nSPS) is 11.9. The van der Waals surface area contributed by atoms with E-state index in [-0.39, 0.29) is 11.5 Å². The molecule has 0 N–H and O–H groups in total. The van der Waals surface area contributed by atoms with Gasteiger partial charge in [-0.15, -0.1) is 10.2 Å². The first-order chi connectivity index (χ1) is 17.2. The number of nitrogens with zero attached hydrogens (tertiary/aromatic N) is 4. The summed E-state index contributed by atoms with van der Waals surface area (Å²) >= 11 is 4.92. The quantitative estimate of drug-likeness (QED) is 0.124. The fraction of sp³-hybridized carbons (Fsp3) is 0.259. The number of halogens is 1. The zero-order valence-electron chi connectivity index (χ0n) is 20.6. The number of aromatic nitrogens is 3. The molecule has 0 unspecified atom stereocenters. The summed E-state index contributed by atoms with van der Waals surface area (Å²) in [6.45, 7) is 8.23. The summed E-state index contributed by atoms with van der Waals surface area (Å²) in [5.41, 5.74) is 6.35. The molecule has 1 atom stereocenters. The van der Waals surface area contributed by atoms with E-state index in [0.29, 0.717) is 17.5 Å². The van der Waals surface area contributed by atoms with Crippen LogP contribution in [0.25, 0.3) is 5.69 Å². The molecule has 0 radical (unpaired) electrons. The van der Waals surface area contributed by atoms with E-state index < -0.39 is 5.25 Å². The first-order valence-corrected chi connectivity index (χ1v) is 13.1. The Morgan fingerprint density at radius 1 is 1.00 bits per heavy atom. The van der Waals surface area contributed by atoms with E-state index in [2.05, 4.69) is 64.2 Å². The van der Waals surface area contributed by atoms with Gasteiger partial charge in [-0.1, -0.05) is 53.7 Å². The Bertz CT molecular complexity index is 1390. The molecule has 0 saturated carbocycles. The second kappa shape index (κ2) is 11.3. The minimum absolute atomic E-state index is 0.250. The lowest BCUT2D eigenvalue weighted by molar-refractivity contribution is -0.479. The molecular weight excluding hydrogens is 540 g/mol. The monoisotopic (exact) mass is 566 g/mol. The summed E-state index contributed by atoms with van der Waals surface area (Å²) < 4.78 is 8.67. The molecule has 0 amide bonds. The Labute approximate surface area is 223 Å². The molecule has 1 aromatic heterocycles. The second-order valence-electron chi connectivity index (χ2n) is 8.72. The van der Waals surface area contributed by atoms with Crippen molar-refractivity contribution in [2.45, 2.75) is 44.7 Å². The van der Waals surface area contributed by atoms with Crippen molar-refractivity contribution in [2.24, 2.45) is 0 Å². The van der Waals surface area contributed by atoms with E-state index in [1.807, 2.05) is 54.8 Å². The molecule has 36 heavy (non-hydrogen) atoms. The Morgan fingerprint density at radius 2 is 1.75 bits per heavy atom. The number of nitro groups is 1. The standard InChI is InChI=1S/C27H27BrN4O3S/c1-17-5-8-21(9-6-17)16-35-25-12-10-22(14-24(25)28)26(15-31(33)34)36-27-30-29-20(4)32(27)23-11-7-18(2)19(3)13-23/h5-14,26H,15-16H2,1-4H3/t26-/m1/s1. The summed E-state index contributed by atoms with van der Waals surface area (Å²) in [6, 6.07) is 19.9. The largest absolute Gasteiger partial charge is 0.488 e. The first-order valence-electron chi connectivity index (χ1n) is 11.5. The molecule has 1 heterocycles. The van der Waals surface area contributed by atoms with Gasteiger partial charge in [-0.25, -0.2) is 0 Å². The van der Waals surface area contributed by atoms with Gasteiger partial charge < -0.3 is 4.74 Å². The van der Waals surface area contributed by atoms with E-state index in [0.717, 1.165) is 32.7 Å². The van der Waals surface area contributed by atoms with Crippen molar-refractivity contribution in [3.63, 3.8) is 0 Å². The lowest BCUT2D eigenvalue weighted by Crippen LogP contribution is -2.11. The Balaban J connectivity index is 1.58. The van der Waals surface area contributed by atoms with Gasteiger partial charge in [0.1, 0.15) is 23.4 Å². The molecule has 7 nitrogen and oxygen atoms in total. The molecule has 9 heteroatoms. The van der Waals surface area contributed by atoms with Crippen molar-refractivity contribution in [1.29, 1.82) is 0 Å². The highest BCUT2D eigenvalue weighted by molar-refractivity contribution is 9.10. The van der Waals surface area contributed by atoms with Crippen LogP contribution in [0.15, 0.2) is 70.3 Å². The maximum Gasteiger partial charge on any atom is 0.220 e. The van der Waals surface area contributed by atoms with Crippen LogP contribution in [0.4, 0.5) is 0 Å². The van der Waals surface area contributed by atoms with E-state index >= 15 is 0 Å². The topological polar surface area (TPSA) is 83.1 Å². The molecular formula is C27H27BrN4O3S. The molecule has 3 aromatic carbocycles. The van der Waals surface area contributed by atoms with Gasteiger partial charge in [0.2, 0.25) is 6.54 Å². The van der Waals surface area contributed by atoms with Crippen molar-refractivity contribution < 1.29 is 9.66 Å². The van der Waals surface area contributed by atoms with Crippen LogP contribution in [0.1, 0.15) is 38.9 Å². The Morgan fingerprint density at radius 3 is 2.42 bits per heavy atom. The van der Waals surface area contributed by atoms with Gasteiger partial charge in [0.25, 0.3) is 0 Å². The summed E-state index contributed by atoms with van der Waals surface area (Å²) in [7, 11) is 0. The van der Waals surface area contributed by atoms with Crippen molar-refractivity contribution >= 4 is 27.7 Å². The van der Waals surface area contributed by atoms with Crippen LogP contribution in [-0.2, 0) is 6.61 Å². The lowest BCUT2D eigenvalue weighted by Gasteiger charge is -2.16. The van der Waals surface area contributed by atoms with Crippen molar-refractivity contribution in [1.82, 2.24) is 14.8 Å². The number of benzene rings is 3. The van der Waals surface area contributed by atoms with Crippen molar-refractivity contribution in [3.8, 4) is 11.4 Å². The lowest BCUT2D eigenvalue weighted by atomic mass is 10.1. The molecule has 0 aliphatic rings. The molecule has 0 saturated heterocycles. The molecule has 4 rings (SSSR count). The van der Waals surface area contributed by atoms with E-state index in [1.54, 1.807) is 0 Å². The molecule has 0 bridgehead atoms. The highest BCUT2D eigenvalue weighted by Crippen LogP contribution is 2.39. The molecule has 0 spiro atoms. The molecule has 4 aromatic rings. The highest BCUT2D eigenvalue weighted by atomic mass is 79.9. The Hall–Kier alpha value is -3.17. The average Bonchev–Trinajstić information content (AvgIpc) is 3.20. The predicted octanol–water partition coefficient (Wildman–Crippen LogP) is 6.95. The van der Waals surface area contributed by atoms with E-state index in [9.17, 15) is 10.1 Å². The van der Waals surface area contributed by atoms with Gasteiger partial charge in [0.05, 0.1) is 4.47 Å². The average molecular weight is 568 g/mol.